The molecule has 0 aliphatic rings. The van der Waals surface area contributed by atoms with Crippen molar-refractivity contribution in [3.05, 3.63) is 37.8 Å². The summed E-state index contributed by atoms with van der Waals surface area (Å²) >= 11 is 6.14. The van der Waals surface area contributed by atoms with Gasteiger partial charge in [-0.3, -0.25) is 0 Å². The minimum Gasteiger partial charge on any atom is -0.206 e. The molecule has 2 aromatic rings. The first-order valence-corrected chi connectivity index (χ1v) is 8.73. The van der Waals surface area contributed by atoms with Gasteiger partial charge < -0.3 is 0 Å². The van der Waals surface area contributed by atoms with Crippen LogP contribution in [0, 0.1) is 6.92 Å². The maximum Gasteiger partial charge on any atom is 0.250 e. The Kier molecular flexibility index (Phi) is 4.04. The second kappa shape index (κ2) is 5.19. The molecule has 2 rings (SSSR count). The predicted molar refractivity (Wildman–Crippen MR) is 75.1 cm³/mol. The van der Waals surface area contributed by atoms with Crippen molar-refractivity contribution >= 4 is 48.6 Å². The summed E-state index contributed by atoms with van der Waals surface area (Å²) in [6.07, 6.45) is 0. The highest BCUT2D eigenvalue weighted by molar-refractivity contribution is 9.10. The topological polar surface area (TPSA) is 46.2 Å². The second-order valence-corrected chi connectivity index (χ2v) is 8.61. The van der Waals surface area contributed by atoms with E-state index in [0.717, 1.165) is 14.2 Å². The first-order valence-electron chi connectivity index (χ1n) is 4.76. The van der Waals surface area contributed by atoms with E-state index >= 15 is 0 Å². The van der Waals surface area contributed by atoms with E-state index in [-0.39, 0.29) is 0 Å². The van der Waals surface area contributed by atoms with Gasteiger partial charge in [-0.2, -0.15) is 0 Å². The van der Waals surface area contributed by atoms with Crippen LogP contribution in [-0.2, 0) is 16.6 Å². The summed E-state index contributed by atoms with van der Waals surface area (Å²) in [4.78, 5) is 1.97. The van der Waals surface area contributed by atoms with Crippen LogP contribution in [-0.4, -0.2) is 8.42 Å². The highest BCUT2D eigenvalue weighted by atomic mass is 79.9. The van der Waals surface area contributed by atoms with Crippen molar-refractivity contribution in [3.8, 4) is 0 Å². The van der Waals surface area contributed by atoms with Crippen molar-refractivity contribution in [1.82, 2.24) is 4.72 Å². The number of hydrogen-bond acceptors (Lipinski definition) is 4. The van der Waals surface area contributed by atoms with Crippen molar-refractivity contribution in [1.29, 1.82) is 0 Å². The van der Waals surface area contributed by atoms with Crippen LogP contribution in [0.3, 0.4) is 0 Å². The molecule has 0 unspecified atom stereocenters. The molecular formula is C10H10BrNO2S3. The molecule has 0 spiro atoms. The third kappa shape index (κ3) is 3.38. The molecular weight excluding hydrogens is 342 g/mol. The molecule has 0 amide bonds. The van der Waals surface area contributed by atoms with Crippen LogP contribution < -0.4 is 4.72 Å². The Balaban J connectivity index is 2.08. The van der Waals surface area contributed by atoms with Gasteiger partial charge in [0.1, 0.15) is 4.21 Å². The quantitative estimate of drug-likeness (QED) is 0.917. The van der Waals surface area contributed by atoms with Gasteiger partial charge in [0.2, 0.25) is 10.0 Å². The Labute approximate surface area is 117 Å². The van der Waals surface area contributed by atoms with Crippen molar-refractivity contribution in [2.24, 2.45) is 0 Å². The largest absolute Gasteiger partial charge is 0.250 e. The number of thiophene rings is 2. The van der Waals surface area contributed by atoms with E-state index in [9.17, 15) is 8.42 Å². The third-order valence-corrected chi connectivity index (χ3v) is 6.63. The summed E-state index contributed by atoms with van der Waals surface area (Å²) in [7, 11) is -3.37. The molecule has 2 heterocycles. The van der Waals surface area contributed by atoms with Crippen LogP contribution in [0.25, 0.3) is 0 Å². The van der Waals surface area contributed by atoms with Gasteiger partial charge in [-0.25, -0.2) is 13.1 Å². The van der Waals surface area contributed by atoms with E-state index in [1.54, 1.807) is 12.1 Å². The molecule has 17 heavy (non-hydrogen) atoms. The Morgan fingerprint density at radius 2 is 2.18 bits per heavy atom. The van der Waals surface area contributed by atoms with E-state index in [2.05, 4.69) is 20.7 Å². The first-order chi connectivity index (χ1) is 7.97. The maximum atomic E-state index is 11.9. The number of halogens is 1. The molecule has 0 radical (unpaired) electrons. The molecule has 7 heteroatoms. The average molecular weight is 352 g/mol. The number of hydrogen-bond donors (Lipinski definition) is 1. The lowest BCUT2D eigenvalue weighted by atomic mass is 10.5. The zero-order valence-electron chi connectivity index (χ0n) is 8.94. The molecule has 2 aromatic heterocycles. The van der Waals surface area contributed by atoms with Crippen LogP contribution >= 0.6 is 38.6 Å². The van der Waals surface area contributed by atoms with Crippen LogP contribution in [0.2, 0.25) is 0 Å². The van der Waals surface area contributed by atoms with Gasteiger partial charge in [0, 0.05) is 26.2 Å². The standard InChI is InChI=1S/C10H10BrNO2S3/c1-7-2-3-10(16-7)17(13,14)12-5-9-4-8(11)6-15-9/h2-4,6,12H,5H2,1H3. The van der Waals surface area contributed by atoms with Gasteiger partial charge in [-0.15, -0.1) is 22.7 Å². The van der Waals surface area contributed by atoms with Gasteiger partial charge in [0.15, 0.2) is 0 Å². The van der Waals surface area contributed by atoms with Crippen LogP contribution in [0.15, 0.2) is 32.3 Å². The van der Waals surface area contributed by atoms with Crippen LogP contribution in [0.1, 0.15) is 9.75 Å². The Hall–Kier alpha value is -0.210. The zero-order chi connectivity index (χ0) is 12.5. The molecule has 1 N–H and O–H groups in total. The fraction of sp³-hybridized carbons (Fsp3) is 0.200. The Bertz CT molecular complexity index is 615. The van der Waals surface area contributed by atoms with Gasteiger partial charge in [0.05, 0.1) is 0 Å². The number of aryl methyl sites for hydroxylation is 1. The molecule has 0 aliphatic heterocycles. The van der Waals surface area contributed by atoms with Crippen molar-refractivity contribution in [3.63, 3.8) is 0 Å². The SMILES string of the molecule is Cc1ccc(S(=O)(=O)NCc2cc(Br)cs2)s1. The van der Waals surface area contributed by atoms with Gasteiger partial charge >= 0.3 is 0 Å². The van der Waals surface area contributed by atoms with E-state index < -0.39 is 10.0 Å². The smallest absolute Gasteiger partial charge is 0.206 e. The van der Waals surface area contributed by atoms with Crippen molar-refractivity contribution in [2.45, 2.75) is 17.7 Å². The number of sulfonamides is 1. The summed E-state index contributed by atoms with van der Waals surface area (Å²) < 4.78 is 27.8. The minimum absolute atomic E-state index is 0.329. The second-order valence-electron chi connectivity index (χ2n) is 3.42. The molecule has 0 bridgehead atoms. The third-order valence-electron chi connectivity index (χ3n) is 2.04. The molecule has 0 saturated carbocycles. The summed E-state index contributed by atoms with van der Waals surface area (Å²) in [6.45, 7) is 2.22. The molecule has 0 saturated heterocycles. The molecule has 0 fully saturated rings. The van der Waals surface area contributed by atoms with Gasteiger partial charge in [0.25, 0.3) is 0 Å². The molecule has 0 aromatic carbocycles. The minimum atomic E-state index is -3.37. The summed E-state index contributed by atoms with van der Waals surface area (Å²) in [5.74, 6) is 0. The molecule has 0 atom stereocenters. The lowest BCUT2D eigenvalue weighted by Gasteiger charge is -2.02. The molecule has 0 aliphatic carbocycles. The van der Waals surface area contributed by atoms with Crippen molar-refractivity contribution < 1.29 is 8.42 Å². The Morgan fingerprint density at radius 3 is 2.71 bits per heavy atom. The highest BCUT2D eigenvalue weighted by Crippen LogP contribution is 2.22. The number of rotatable bonds is 4. The summed E-state index contributed by atoms with van der Waals surface area (Å²) in [5, 5.41) is 1.93. The van der Waals surface area contributed by atoms with Crippen molar-refractivity contribution in [2.75, 3.05) is 0 Å². The number of nitrogens with one attached hydrogen (secondary N) is 1. The van der Waals surface area contributed by atoms with Crippen LogP contribution in [0.4, 0.5) is 0 Å². The monoisotopic (exact) mass is 351 g/mol. The highest BCUT2D eigenvalue weighted by Gasteiger charge is 2.15. The lowest BCUT2D eigenvalue weighted by Crippen LogP contribution is -2.21. The van der Waals surface area contributed by atoms with E-state index in [0.29, 0.717) is 10.8 Å². The maximum absolute atomic E-state index is 11.9. The van der Waals surface area contributed by atoms with E-state index in [1.165, 1.54) is 22.7 Å². The predicted octanol–water partition coefficient (Wildman–Crippen LogP) is 3.36. The first kappa shape index (κ1) is 13.2. The Morgan fingerprint density at radius 1 is 1.41 bits per heavy atom. The fourth-order valence-corrected chi connectivity index (χ4v) is 5.06. The molecule has 3 nitrogen and oxygen atoms in total. The zero-order valence-corrected chi connectivity index (χ0v) is 13.0. The summed E-state index contributed by atoms with van der Waals surface area (Å²) in [5.41, 5.74) is 0. The van der Waals surface area contributed by atoms with E-state index in [1.807, 2.05) is 18.4 Å². The van der Waals surface area contributed by atoms with E-state index in [4.69, 9.17) is 0 Å². The van der Waals surface area contributed by atoms with Gasteiger partial charge in [-0.1, -0.05) is 0 Å². The fourth-order valence-electron chi connectivity index (χ4n) is 1.24. The summed E-state index contributed by atoms with van der Waals surface area (Å²) in [6, 6.07) is 5.35. The average Bonchev–Trinajstić information content (AvgIpc) is 2.85. The lowest BCUT2D eigenvalue weighted by molar-refractivity contribution is 0.584. The van der Waals surface area contributed by atoms with Crippen LogP contribution in [0.5, 0.6) is 0 Å². The van der Waals surface area contributed by atoms with Gasteiger partial charge in [-0.05, 0) is 41.1 Å². The molecule has 92 valence electrons. The normalized spacial score (nSPS) is 11.9.